The SMILES string of the molecule is CC(Cn1ccnc1)NC1CCCC1C1CCCCN1. The summed E-state index contributed by atoms with van der Waals surface area (Å²) in [5, 5.41) is 7.63. The van der Waals surface area contributed by atoms with Gasteiger partial charge in [-0.3, -0.25) is 0 Å². The van der Waals surface area contributed by atoms with Crippen molar-refractivity contribution in [1.82, 2.24) is 20.2 Å². The van der Waals surface area contributed by atoms with Gasteiger partial charge in [0.05, 0.1) is 6.33 Å². The minimum absolute atomic E-state index is 0.512. The van der Waals surface area contributed by atoms with Crippen LogP contribution in [0.3, 0.4) is 0 Å². The molecule has 4 atom stereocenters. The lowest BCUT2D eigenvalue weighted by molar-refractivity contribution is 0.244. The van der Waals surface area contributed by atoms with E-state index in [9.17, 15) is 0 Å². The maximum Gasteiger partial charge on any atom is 0.0946 e. The summed E-state index contributed by atoms with van der Waals surface area (Å²) in [7, 11) is 0. The second kappa shape index (κ2) is 6.72. The smallest absolute Gasteiger partial charge is 0.0946 e. The van der Waals surface area contributed by atoms with Crippen molar-refractivity contribution in [2.24, 2.45) is 5.92 Å². The van der Waals surface area contributed by atoms with E-state index in [2.05, 4.69) is 27.1 Å². The zero-order valence-corrected chi connectivity index (χ0v) is 12.6. The maximum atomic E-state index is 4.12. The van der Waals surface area contributed by atoms with Crippen LogP contribution in [0.15, 0.2) is 18.7 Å². The molecular weight excluding hydrogens is 248 g/mol. The van der Waals surface area contributed by atoms with Crippen molar-refractivity contribution in [2.75, 3.05) is 6.54 Å². The fourth-order valence-electron chi connectivity index (χ4n) is 4.05. The molecule has 2 N–H and O–H groups in total. The Morgan fingerprint density at radius 2 is 2.25 bits per heavy atom. The van der Waals surface area contributed by atoms with E-state index in [1.165, 1.54) is 45.1 Å². The van der Waals surface area contributed by atoms with Gasteiger partial charge in [-0.05, 0) is 45.1 Å². The number of hydrogen-bond donors (Lipinski definition) is 2. The summed E-state index contributed by atoms with van der Waals surface area (Å²) in [5.74, 6) is 0.834. The first-order valence-electron chi connectivity index (χ1n) is 8.28. The Labute approximate surface area is 122 Å². The third-order valence-electron chi connectivity index (χ3n) is 4.98. The van der Waals surface area contributed by atoms with Crippen molar-refractivity contribution in [3.05, 3.63) is 18.7 Å². The van der Waals surface area contributed by atoms with Crippen molar-refractivity contribution in [3.63, 3.8) is 0 Å². The van der Waals surface area contributed by atoms with Crippen molar-refractivity contribution >= 4 is 0 Å². The van der Waals surface area contributed by atoms with Crippen LogP contribution in [0.1, 0.15) is 45.4 Å². The lowest BCUT2D eigenvalue weighted by atomic mass is 9.88. The summed E-state index contributed by atoms with van der Waals surface area (Å²) in [5.41, 5.74) is 0. The van der Waals surface area contributed by atoms with Crippen LogP contribution in [-0.4, -0.2) is 34.2 Å². The van der Waals surface area contributed by atoms with E-state index < -0.39 is 0 Å². The average molecular weight is 276 g/mol. The van der Waals surface area contributed by atoms with Gasteiger partial charge in [-0.1, -0.05) is 12.8 Å². The third kappa shape index (κ3) is 3.41. The number of hydrogen-bond acceptors (Lipinski definition) is 3. The van der Waals surface area contributed by atoms with E-state index in [1.807, 2.05) is 18.7 Å². The van der Waals surface area contributed by atoms with Gasteiger partial charge in [-0.15, -0.1) is 0 Å². The molecule has 3 rings (SSSR count). The molecule has 0 radical (unpaired) electrons. The van der Waals surface area contributed by atoms with Gasteiger partial charge in [0, 0.05) is 37.1 Å². The summed E-state index contributed by atoms with van der Waals surface area (Å²) < 4.78 is 2.17. The second-order valence-electron chi connectivity index (χ2n) is 6.58. The number of imidazole rings is 1. The summed E-state index contributed by atoms with van der Waals surface area (Å²) >= 11 is 0. The van der Waals surface area contributed by atoms with Crippen LogP contribution >= 0.6 is 0 Å². The zero-order valence-electron chi connectivity index (χ0n) is 12.6. The summed E-state index contributed by atoms with van der Waals surface area (Å²) in [6.45, 7) is 4.53. The number of piperidine rings is 1. The highest BCUT2D eigenvalue weighted by molar-refractivity contribution is 4.93. The van der Waals surface area contributed by atoms with Gasteiger partial charge in [-0.25, -0.2) is 4.98 Å². The summed E-state index contributed by atoms with van der Waals surface area (Å²) in [6.07, 6.45) is 14.1. The number of nitrogens with one attached hydrogen (secondary N) is 2. The lowest BCUT2D eigenvalue weighted by Crippen LogP contribution is -2.49. The minimum atomic E-state index is 0.512. The lowest BCUT2D eigenvalue weighted by Gasteiger charge is -2.34. The molecule has 20 heavy (non-hydrogen) atoms. The highest BCUT2D eigenvalue weighted by Gasteiger charge is 2.34. The molecule has 1 aliphatic heterocycles. The first-order valence-corrected chi connectivity index (χ1v) is 8.28. The molecule has 2 fully saturated rings. The Kier molecular flexibility index (Phi) is 4.73. The second-order valence-corrected chi connectivity index (χ2v) is 6.58. The molecule has 0 amide bonds. The molecule has 4 nitrogen and oxygen atoms in total. The molecule has 112 valence electrons. The van der Waals surface area contributed by atoms with Crippen LogP contribution in [-0.2, 0) is 6.54 Å². The van der Waals surface area contributed by atoms with Gasteiger partial charge in [-0.2, -0.15) is 0 Å². The first-order chi connectivity index (χ1) is 9.83. The van der Waals surface area contributed by atoms with E-state index in [1.54, 1.807) is 0 Å². The van der Waals surface area contributed by atoms with Gasteiger partial charge >= 0.3 is 0 Å². The molecule has 1 saturated heterocycles. The average Bonchev–Trinajstić information content (AvgIpc) is 3.11. The minimum Gasteiger partial charge on any atom is -0.336 e. The Morgan fingerprint density at radius 1 is 1.30 bits per heavy atom. The van der Waals surface area contributed by atoms with Crippen molar-refractivity contribution < 1.29 is 0 Å². The molecule has 1 aromatic heterocycles. The van der Waals surface area contributed by atoms with E-state index in [0.29, 0.717) is 12.1 Å². The predicted octanol–water partition coefficient (Wildman–Crippen LogP) is 2.17. The van der Waals surface area contributed by atoms with Crippen LogP contribution in [0.4, 0.5) is 0 Å². The molecular formula is C16H28N4. The summed E-state index contributed by atoms with van der Waals surface area (Å²) in [4.78, 5) is 4.12. The molecule has 1 aliphatic carbocycles. The highest BCUT2D eigenvalue weighted by atomic mass is 15.1. The van der Waals surface area contributed by atoms with E-state index in [-0.39, 0.29) is 0 Å². The van der Waals surface area contributed by atoms with E-state index in [0.717, 1.165) is 18.5 Å². The summed E-state index contributed by atoms with van der Waals surface area (Å²) in [6, 6.07) is 1.96. The van der Waals surface area contributed by atoms with Crippen LogP contribution in [0.2, 0.25) is 0 Å². The first kappa shape index (κ1) is 14.1. The molecule has 0 aromatic carbocycles. The number of nitrogens with zero attached hydrogens (tertiary/aromatic N) is 2. The Hall–Kier alpha value is -0.870. The topological polar surface area (TPSA) is 41.9 Å². The Morgan fingerprint density at radius 3 is 3.00 bits per heavy atom. The molecule has 1 saturated carbocycles. The van der Waals surface area contributed by atoms with Crippen molar-refractivity contribution in [2.45, 2.75) is 70.1 Å². The number of rotatable bonds is 5. The predicted molar refractivity (Wildman–Crippen MR) is 81.6 cm³/mol. The maximum absolute atomic E-state index is 4.12. The molecule has 0 spiro atoms. The van der Waals surface area contributed by atoms with Gasteiger partial charge in [0.15, 0.2) is 0 Å². The zero-order chi connectivity index (χ0) is 13.8. The molecule has 1 aromatic rings. The highest BCUT2D eigenvalue weighted by Crippen LogP contribution is 2.32. The standard InChI is InChI=1S/C16H28N4/c1-13(11-20-10-9-17-12-20)19-16-7-4-5-14(16)15-6-2-3-8-18-15/h9-10,12-16,18-19H,2-8,11H2,1H3. The van der Waals surface area contributed by atoms with Crippen LogP contribution in [0.5, 0.6) is 0 Å². The van der Waals surface area contributed by atoms with Crippen molar-refractivity contribution in [3.8, 4) is 0 Å². The van der Waals surface area contributed by atoms with E-state index >= 15 is 0 Å². The third-order valence-corrected chi connectivity index (χ3v) is 4.98. The molecule has 0 bridgehead atoms. The Bertz CT molecular complexity index is 383. The van der Waals surface area contributed by atoms with Crippen molar-refractivity contribution in [1.29, 1.82) is 0 Å². The number of aromatic nitrogens is 2. The molecule has 4 unspecified atom stereocenters. The van der Waals surface area contributed by atoms with Gasteiger partial charge < -0.3 is 15.2 Å². The largest absolute Gasteiger partial charge is 0.336 e. The molecule has 2 heterocycles. The van der Waals surface area contributed by atoms with Gasteiger partial charge in [0.2, 0.25) is 0 Å². The van der Waals surface area contributed by atoms with Gasteiger partial charge in [0.25, 0.3) is 0 Å². The molecule has 2 aliphatic rings. The normalized spacial score (nSPS) is 32.4. The Balaban J connectivity index is 1.52. The van der Waals surface area contributed by atoms with Crippen LogP contribution in [0.25, 0.3) is 0 Å². The quantitative estimate of drug-likeness (QED) is 0.866. The monoisotopic (exact) mass is 276 g/mol. The van der Waals surface area contributed by atoms with Crippen LogP contribution < -0.4 is 10.6 Å². The fourth-order valence-corrected chi connectivity index (χ4v) is 4.05. The van der Waals surface area contributed by atoms with Gasteiger partial charge in [0.1, 0.15) is 0 Å². The van der Waals surface area contributed by atoms with E-state index in [4.69, 9.17) is 0 Å². The fraction of sp³-hybridized carbons (Fsp3) is 0.812. The van der Waals surface area contributed by atoms with Crippen LogP contribution in [0, 0.1) is 5.92 Å². The molecule has 4 heteroatoms.